The number of hydrogen-bond acceptors (Lipinski definition) is 9. The number of primary amides is 1. The van der Waals surface area contributed by atoms with E-state index in [1.54, 1.807) is 13.2 Å². The molecule has 188 valence electrons. The molecule has 0 aliphatic carbocycles. The summed E-state index contributed by atoms with van der Waals surface area (Å²) in [4.78, 5) is 24.6. The number of aryl methyl sites for hydroxylation is 1. The van der Waals surface area contributed by atoms with Crippen LogP contribution >= 0.6 is 0 Å². The molecule has 2 amide bonds. The highest BCUT2D eigenvalue weighted by molar-refractivity contribution is 5.92. The second-order valence-corrected chi connectivity index (χ2v) is 8.52. The summed E-state index contributed by atoms with van der Waals surface area (Å²) in [6.45, 7) is 1.56. The van der Waals surface area contributed by atoms with Gasteiger partial charge in [-0.15, -0.1) is 4.48 Å². The number of urea groups is 1. The third-order valence-electron chi connectivity index (χ3n) is 5.91. The summed E-state index contributed by atoms with van der Waals surface area (Å²) in [5.41, 5.74) is 8.71. The van der Waals surface area contributed by atoms with Crippen LogP contribution in [0.4, 0.5) is 16.4 Å². The lowest BCUT2D eigenvalue weighted by molar-refractivity contribution is -0.109. The molecule has 1 aliphatic heterocycles. The van der Waals surface area contributed by atoms with Crippen LogP contribution in [0.25, 0.3) is 0 Å². The van der Waals surface area contributed by atoms with Gasteiger partial charge in [-0.1, -0.05) is 0 Å². The first kappa shape index (κ1) is 26.5. The van der Waals surface area contributed by atoms with Crippen molar-refractivity contribution >= 4 is 17.7 Å². The van der Waals surface area contributed by atoms with Gasteiger partial charge in [-0.05, 0) is 32.1 Å². The smallest absolute Gasteiger partial charge is 0.426 e. The zero-order chi connectivity index (χ0) is 25.6. The number of fused-ring (bicyclic) bond motifs is 1. The molecule has 11 heteroatoms. The van der Waals surface area contributed by atoms with Gasteiger partial charge in [0.1, 0.15) is 36.2 Å². The Morgan fingerprint density at radius 2 is 2.00 bits per heavy atom. The van der Waals surface area contributed by atoms with Crippen LogP contribution in [0, 0.1) is 11.3 Å². The molecular weight excluding hydrogens is 452 g/mol. The van der Waals surface area contributed by atoms with Gasteiger partial charge >= 0.3 is 6.03 Å². The van der Waals surface area contributed by atoms with Crippen LogP contribution in [0.1, 0.15) is 35.1 Å². The predicted octanol–water partition coefficient (Wildman–Crippen LogP) is 2.39. The normalized spacial score (nSPS) is 17.3. The number of aromatic nitrogens is 2. The lowest BCUT2D eigenvalue weighted by Gasteiger charge is -2.36. The minimum atomic E-state index is -0.728. The Labute approximate surface area is 205 Å². The molecular formula is C24H33N6O5+. The lowest BCUT2D eigenvalue weighted by atomic mass is 9.99. The zero-order valence-electron chi connectivity index (χ0n) is 20.9. The largest absolute Gasteiger partial charge is 0.489 e. The Morgan fingerprint density at radius 3 is 2.60 bits per heavy atom. The van der Waals surface area contributed by atoms with Crippen LogP contribution in [0.3, 0.4) is 0 Å². The van der Waals surface area contributed by atoms with E-state index in [1.165, 1.54) is 20.4 Å². The van der Waals surface area contributed by atoms with E-state index < -0.39 is 16.8 Å². The highest BCUT2D eigenvalue weighted by Gasteiger charge is 2.48. The zero-order valence-corrected chi connectivity index (χ0v) is 20.9. The van der Waals surface area contributed by atoms with Crippen LogP contribution in [-0.2, 0) is 27.2 Å². The van der Waals surface area contributed by atoms with E-state index in [9.17, 15) is 10.1 Å². The van der Waals surface area contributed by atoms with Gasteiger partial charge < -0.3 is 29.6 Å². The van der Waals surface area contributed by atoms with Crippen molar-refractivity contribution in [2.45, 2.75) is 25.7 Å². The molecule has 0 radical (unpaired) electrons. The van der Waals surface area contributed by atoms with Crippen molar-refractivity contribution in [3.8, 4) is 11.8 Å². The van der Waals surface area contributed by atoms with Gasteiger partial charge in [0.25, 0.3) is 0 Å². The van der Waals surface area contributed by atoms with Crippen molar-refractivity contribution in [1.29, 1.82) is 5.26 Å². The number of pyridine rings is 2. The maximum atomic E-state index is 13.2. The number of quaternary nitrogens is 1. The predicted molar refractivity (Wildman–Crippen MR) is 129 cm³/mol. The number of amides is 2. The monoisotopic (exact) mass is 485 g/mol. The lowest BCUT2D eigenvalue weighted by Crippen LogP contribution is -2.56. The molecule has 1 unspecified atom stereocenters. The number of rotatable bonds is 10. The standard InChI is InChI=1S/C24H32N6O5/c1-29(2)15-17-11-16-7-6-8-30(24(26)31,22(16)28-21(17)23(33-4)34-5)20-12-19(35-10-9-32-3)18(13-25)14-27-20/h11-12,14,23H,6-10,15H2,1-5H3,(H-,26,31)/p+1. The summed E-state index contributed by atoms with van der Waals surface area (Å²) >= 11 is 0. The molecule has 0 bridgehead atoms. The first-order valence-electron chi connectivity index (χ1n) is 11.3. The fourth-order valence-electron chi connectivity index (χ4n) is 4.35. The van der Waals surface area contributed by atoms with E-state index in [-0.39, 0.29) is 12.2 Å². The van der Waals surface area contributed by atoms with Crippen LogP contribution in [0.2, 0.25) is 0 Å². The molecule has 35 heavy (non-hydrogen) atoms. The topological polar surface area (TPSA) is 133 Å². The summed E-state index contributed by atoms with van der Waals surface area (Å²) in [5, 5.41) is 9.52. The van der Waals surface area contributed by atoms with Crippen LogP contribution in [-0.4, -0.2) is 76.1 Å². The summed E-state index contributed by atoms with van der Waals surface area (Å²) in [5.74, 6) is 1.10. The summed E-state index contributed by atoms with van der Waals surface area (Å²) in [7, 11) is 8.57. The van der Waals surface area contributed by atoms with Crippen LogP contribution in [0.15, 0.2) is 18.3 Å². The molecule has 2 aromatic rings. The highest BCUT2D eigenvalue weighted by atomic mass is 16.7. The van der Waals surface area contributed by atoms with Crippen molar-refractivity contribution < 1.29 is 23.7 Å². The van der Waals surface area contributed by atoms with Gasteiger partial charge in [-0.25, -0.2) is 9.78 Å². The number of hydrogen-bond donors (Lipinski definition) is 1. The van der Waals surface area contributed by atoms with Gasteiger partial charge in [-0.2, -0.15) is 10.2 Å². The maximum absolute atomic E-state index is 13.2. The first-order valence-corrected chi connectivity index (χ1v) is 11.3. The molecule has 0 saturated heterocycles. The number of nitrogens with two attached hydrogens (primary N) is 1. The van der Waals surface area contributed by atoms with E-state index in [0.717, 1.165) is 17.5 Å². The number of carbonyl (C=O) groups excluding carboxylic acids is 1. The Balaban J connectivity index is 2.24. The molecule has 2 aromatic heterocycles. The van der Waals surface area contributed by atoms with Crippen LogP contribution in [0.5, 0.6) is 5.75 Å². The van der Waals surface area contributed by atoms with Crippen molar-refractivity contribution in [2.75, 3.05) is 55.2 Å². The maximum Gasteiger partial charge on any atom is 0.426 e. The SMILES string of the molecule is COCCOc1cc([N+]2(C(N)=O)CCCc3cc(CN(C)C)c(C(OC)OC)nc32)ncc1C#N. The van der Waals surface area contributed by atoms with E-state index in [1.807, 2.05) is 25.1 Å². The molecule has 0 spiro atoms. The van der Waals surface area contributed by atoms with E-state index in [0.29, 0.717) is 49.2 Å². The van der Waals surface area contributed by atoms with E-state index in [4.69, 9.17) is 29.7 Å². The first-order chi connectivity index (χ1) is 16.8. The summed E-state index contributed by atoms with van der Waals surface area (Å²) < 4.78 is 21.5. The second kappa shape index (κ2) is 11.5. The fraction of sp³-hybridized carbons (Fsp3) is 0.500. The summed E-state index contributed by atoms with van der Waals surface area (Å²) in [6, 6.07) is 5.07. The van der Waals surface area contributed by atoms with Gasteiger partial charge in [0, 0.05) is 39.9 Å². The molecule has 0 saturated carbocycles. The van der Waals surface area contributed by atoms with Crippen molar-refractivity contribution in [1.82, 2.24) is 19.4 Å². The number of methoxy groups -OCH3 is 3. The Morgan fingerprint density at radius 1 is 1.26 bits per heavy atom. The average molecular weight is 486 g/mol. The van der Waals surface area contributed by atoms with E-state index >= 15 is 0 Å². The van der Waals surface area contributed by atoms with Gasteiger partial charge in [-0.3, -0.25) is 0 Å². The minimum Gasteiger partial charge on any atom is -0.489 e. The molecule has 2 N–H and O–H groups in total. The third kappa shape index (κ3) is 5.27. The Bertz CT molecular complexity index is 1100. The van der Waals surface area contributed by atoms with Crippen LogP contribution < -0.4 is 15.0 Å². The molecule has 0 fully saturated rings. The number of carbonyl (C=O) groups is 1. The number of ether oxygens (including phenoxy) is 4. The second-order valence-electron chi connectivity index (χ2n) is 8.52. The molecule has 0 aromatic carbocycles. The Hall–Kier alpha value is -3.14. The molecule has 11 nitrogen and oxygen atoms in total. The van der Waals surface area contributed by atoms with E-state index in [2.05, 4.69) is 11.1 Å². The minimum absolute atomic E-state index is 0.238. The van der Waals surface area contributed by atoms with Gasteiger partial charge in [0.05, 0.1) is 18.9 Å². The molecule has 1 atom stereocenters. The van der Waals surface area contributed by atoms with Crippen molar-refractivity contribution in [3.05, 3.63) is 40.7 Å². The number of nitrogens with zero attached hydrogens (tertiary/aromatic N) is 5. The quantitative estimate of drug-likeness (QED) is 0.306. The van der Waals surface area contributed by atoms with Gasteiger partial charge in [0.2, 0.25) is 17.9 Å². The molecule has 3 heterocycles. The van der Waals surface area contributed by atoms with Gasteiger partial charge in [0.15, 0.2) is 0 Å². The molecule has 3 rings (SSSR count). The Kier molecular flexibility index (Phi) is 8.71. The highest BCUT2D eigenvalue weighted by Crippen LogP contribution is 2.42. The fourth-order valence-corrected chi connectivity index (χ4v) is 4.35. The average Bonchev–Trinajstić information content (AvgIpc) is 2.84. The molecule has 1 aliphatic rings. The van der Waals surface area contributed by atoms with Crippen molar-refractivity contribution in [2.24, 2.45) is 5.73 Å². The number of nitriles is 1. The van der Waals surface area contributed by atoms with Crippen molar-refractivity contribution in [3.63, 3.8) is 0 Å². The third-order valence-corrected chi connectivity index (χ3v) is 5.91. The summed E-state index contributed by atoms with van der Waals surface area (Å²) in [6.07, 6.45) is 2.09.